The SMILES string of the molecule is COCCC(C)(O)CNC1CC(C)N(C2CC2)C1. The summed E-state index contributed by atoms with van der Waals surface area (Å²) in [4.78, 5) is 2.63. The van der Waals surface area contributed by atoms with Crippen LogP contribution >= 0.6 is 0 Å². The number of nitrogens with zero attached hydrogens (tertiary/aromatic N) is 1. The van der Waals surface area contributed by atoms with Gasteiger partial charge in [0.2, 0.25) is 0 Å². The molecule has 2 fully saturated rings. The first-order chi connectivity index (χ1) is 8.52. The summed E-state index contributed by atoms with van der Waals surface area (Å²) in [5.41, 5.74) is -0.660. The van der Waals surface area contributed by atoms with Crippen LogP contribution < -0.4 is 5.32 Å². The second kappa shape index (κ2) is 5.87. The molecular formula is C14H28N2O2. The highest BCUT2D eigenvalue weighted by atomic mass is 16.5. The number of hydrogen-bond donors (Lipinski definition) is 2. The topological polar surface area (TPSA) is 44.7 Å². The molecule has 0 aromatic heterocycles. The van der Waals surface area contributed by atoms with E-state index < -0.39 is 5.60 Å². The molecule has 106 valence electrons. The van der Waals surface area contributed by atoms with Crippen molar-refractivity contribution in [2.24, 2.45) is 0 Å². The summed E-state index contributed by atoms with van der Waals surface area (Å²) in [5.74, 6) is 0. The zero-order chi connectivity index (χ0) is 13.2. The van der Waals surface area contributed by atoms with Crippen LogP contribution in [0.4, 0.5) is 0 Å². The molecule has 0 aromatic carbocycles. The second-order valence-corrected chi connectivity index (χ2v) is 6.33. The standard InChI is InChI=1S/C14H28N2O2/c1-11-8-12(9-16(11)13-4-5-13)15-10-14(2,17)6-7-18-3/h11-13,15,17H,4-10H2,1-3H3. The molecule has 1 heterocycles. The number of likely N-dealkylation sites (tertiary alicyclic amines) is 1. The van der Waals surface area contributed by atoms with E-state index in [1.165, 1.54) is 19.3 Å². The molecule has 18 heavy (non-hydrogen) atoms. The third kappa shape index (κ3) is 3.92. The van der Waals surface area contributed by atoms with Crippen molar-refractivity contribution in [3.63, 3.8) is 0 Å². The molecule has 0 aromatic rings. The second-order valence-electron chi connectivity index (χ2n) is 6.33. The van der Waals surface area contributed by atoms with Gasteiger partial charge in [0, 0.05) is 51.4 Å². The van der Waals surface area contributed by atoms with Gasteiger partial charge in [0.05, 0.1) is 5.60 Å². The molecule has 4 heteroatoms. The molecule has 4 nitrogen and oxygen atoms in total. The zero-order valence-corrected chi connectivity index (χ0v) is 12.0. The molecule has 1 saturated carbocycles. The van der Waals surface area contributed by atoms with Crippen LogP contribution in [-0.4, -0.2) is 60.5 Å². The van der Waals surface area contributed by atoms with Crippen LogP contribution in [0.3, 0.4) is 0 Å². The molecule has 2 aliphatic rings. The van der Waals surface area contributed by atoms with Crippen LogP contribution in [0, 0.1) is 0 Å². The lowest BCUT2D eigenvalue weighted by atomic mass is 10.0. The molecule has 0 radical (unpaired) electrons. The Morgan fingerprint density at radius 2 is 2.17 bits per heavy atom. The van der Waals surface area contributed by atoms with Crippen LogP contribution in [0.1, 0.15) is 39.5 Å². The van der Waals surface area contributed by atoms with Crippen molar-refractivity contribution in [2.75, 3.05) is 26.8 Å². The maximum absolute atomic E-state index is 10.2. The van der Waals surface area contributed by atoms with Crippen molar-refractivity contribution in [2.45, 2.75) is 63.3 Å². The molecule has 0 spiro atoms. The number of rotatable bonds is 7. The van der Waals surface area contributed by atoms with Crippen molar-refractivity contribution in [1.29, 1.82) is 0 Å². The maximum atomic E-state index is 10.2. The van der Waals surface area contributed by atoms with Crippen molar-refractivity contribution >= 4 is 0 Å². The normalized spacial score (nSPS) is 32.7. The van der Waals surface area contributed by atoms with Gasteiger partial charge in [0.15, 0.2) is 0 Å². The monoisotopic (exact) mass is 256 g/mol. The van der Waals surface area contributed by atoms with E-state index in [1.54, 1.807) is 7.11 Å². The van der Waals surface area contributed by atoms with Gasteiger partial charge in [-0.15, -0.1) is 0 Å². The first kappa shape index (κ1) is 14.3. The van der Waals surface area contributed by atoms with E-state index in [2.05, 4.69) is 17.1 Å². The number of hydrogen-bond acceptors (Lipinski definition) is 4. The summed E-state index contributed by atoms with van der Waals surface area (Å²) in [7, 11) is 1.68. The van der Waals surface area contributed by atoms with Crippen molar-refractivity contribution in [1.82, 2.24) is 10.2 Å². The van der Waals surface area contributed by atoms with E-state index in [9.17, 15) is 5.11 Å². The smallest absolute Gasteiger partial charge is 0.0765 e. The van der Waals surface area contributed by atoms with Gasteiger partial charge in [-0.3, -0.25) is 4.90 Å². The minimum atomic E-state index is -0.660. The molecular weight excluding hydrogens is 228 g/mol. The van der Waals surface area contributed by atoms with Gasteiger partial charge < -0.3 is 15.2 Å². The fourth-order valence-corrected chi connectivity index (χ4v) is 2.89. The summed E-state index contributed by atoms with van der Waals surface area (Å²) in [6, 6.07) is 2.08. The minimum absolute atomic E-state index is 0.537. The molecule has 1 aliphatic heterocycles. The van der Waals surface area contributed by atoms with Gasteiger partial charge in [0.1, 0.15) is 0 Å². The van der Waals surface area contributed by atoms with Crippen LogP contribution in [-0.2, 0) is 4.74 Å². The van der Waals surface area contributed by atoms with E-state index in [0.29, 0.717) is 31.7 Å². The highest BCUT2D eigenvalue weighted by Gasteiger charge is 2.38. The maximum Gasteiger partial charge on any atom is 0.0765 e. The molecule has 2 rings (SSSR count). The van der Waals surface area contributed by atoms with E-state index in [0.717, 1.165) is 12.6 Å². The summed E-state index contributed by atoms with van der Waals surface area (Å²) in [6.45, 7) is 6.63. The average molecular weight is 256 g/mol. The predicted octanol–water partition coefficient (Wildman–Crippen LogP) is 0.989. The average Bonchev–Trinajstić information content (AvgIpc) is 3.09. The lowest BCUT2D eigenvalue weighted by molar-refractivity contribution is 0.0229. The van der Waals surface area contributed by atoms with Gasteiger partial charge in [-0.2, -0.15) is 0 Å². The first-order valence-electron chi connectivity index (χ1n) is 7.22. The van der Waals surface area contributed by atoms with Gasteiger partial charge in [0.25, 0.3) is 0 Å². The van der Waals surface area contributed by atoms with E-state index in [1.807, 2.05) is 6.92 Å². The first-order valence-corrected chi connectivity index (χ1v) is 7.22. The fraction of sp³-hybridized carbons (Fsp3) is 1.00. The van der Waals surface area contributed by atoms with Crippen LogP contribution in [0.15, 0.2) is 0 Å². The Bertz CT molecular complexity index is 267. The fourth-order valence-electron chi connectivity index (χ4n) is 2.89. The lowest BCUT2D eigenvalue weighted by Gasteiger charge is -2.25. The Hall–Kier alpha value is -0.160. The number of ether oxygens (including phenoxy) is 1. The third-order valence-electron chi connectivity index (χ3n) is 4.26. The van der Waals surface area contributed by atoms with Crippen LogP contribution in [0.25, 0.3) is 0 Å². The highest BCUT2D eigenvalue weighted by molar-refractivity contribution is 4.96. The molecule has 3 unspecified atom stereocenters. The Balaban J connectivity index is 1.70. The molecule has 1 aliphatic carbocycles. The highest BCUT2D eigenvalue weighted by Crippen LogP contribution is 2.33. The van der Waals surface area contributed by atoms with Crippen LogP contribution in [0.2, 0.25) is 0 Å². The van der Waals surface area contributed by atoms with Gasteiger partial charge >= 0.3 is 0 Å². The van der Waals surface area contributed by atoms with Crippen molar-refractivity contribution in [3.05, 3.63) is 0 Å². The van der Waals surface area contributed by atoms with Crippen molar-refractivity contribution < 1.29 is 9.84 Å². The minimum Gasteiger partial charge on any atom is -0.389 e. The quantitative estimate of drug-likeness (QED) is 0.713. The number of nitrogens with one attached hydrogen (secondary N) is 1. The largest absolute Gasteiger partial charge is 0.389 e. The number of aliphatic hydroxyl groups is 1. The Labute approximate surface area is 111 Å². The van der Waals surface area contributed by atoms with E-state index in [-0.39, 0.29) is 0 Å². The Morgan fingerprint density at radius 3 is 2.78 bits per heavy atom. The lowest BCUT2D eigenvalue weighted by Crippen LogP contribution is -2.44. The molecule has 0 bridgehead atoms. The van der Waals surface area contributed by atoms with Gasteiger partial charge in [-0.25, -0.2) is 0 Å². The van der Waals surface area contributed by atoms with Gasteiger partial charge in [-0.05, 0) is 33.1 Å². The Kier molecular flexibility index (Phi) is 4.64. The molecule has 2 N–H and O–H groups in total. The Morgan fingerprint density at radius 1 is 1.44 bits per heavy atom. The van der Waals surface area contributed by atoms with Crippen molar-refractivity contribution in [3.8, 4) is 0 Å². The summed E-state index contributed by atoms with van der Waals surface area (Å²) in [6.07, 6.45) is 4.65. The number of methoxy groups -OCH3 is 1. The third-order valence-corrected chi connectivity index (χ3v) is 4.26. The summed E-state index contributed by atoms with van der Waals surface area (Å²) >= 11 is 0. The predicted molar refractivity (Wildman–Crippen MR) is 72.7 cm³/mol. The molecule has 0 amide bonds. The zero-order valence-electron chi connectivity index (χ0n) is 12.0. The van der Waals surface area contributed by atoms with E-state index in [4.69, 9.17) is 4.74 Å². The molecule has 1 saturated heterocycles. The van der Waals surface area contributed by atoms with Gasteiger partial charge in [-0.1, -0.05) is 0 Å². The van der Waals surface area contributed by atoms with Crippen LogP contribution in [0.5, 0.6) is 0 Å². The summed E-state index contributed by atoms with van der Waals surface area (Å²) in [5, 5.41) is 13.7. The van der Waals surface area contributed by atoms with E-state index >= 15 is 0 Å². The summed E-state index contributed by atoms with van der Waals surface area (Å²) < 4.78 is 5.03. The molecule has 3 atom stereocenters.